The van der Waals surface area contributed by atoms with Gasteiger partial charge in [-0.15, -0.1) is 0 Å². The van der Waals surface area contributed by atoms with Crippen LogP contribution in [0.3, 0.4) is 0 Å². The van der Waals surface area contributed by atoms with Crippen LogP contribution in [0, 0.1) is 0 Å². The van der Waals surface area contributed by atoms with Gasteiger partial charge in [-0.25, -0.2) is 0 Å². The van der Waals surface area contributed by atoms with Gasteiger partial charge in [-0.05, 0) is 50.1 Å². The van der Waals surface area contributed by atoms with Crippen LogP contribution in [0.2, 0.25) is 0 Å². The summed E-state index contributed by atoms with van der Waals surface area (Å²) in [6.07, 6.45) is 3.76. The number of hydrogen-bond acceptors (Lipinski definition) is 8. The van der Waals surface area contributed by atoms with Crippen LogP contribution in [0.5, 0.6) is 11.5 Å². The quantitative estimate of drug-likeness (QED) is 0.305. The number of benzene rings is 1. The molecule has 2 aliphatic rings. The summed E-state index contributed by atoms with van der Waals surface area (Å²) in [5.74, 6) is -0.429. The van der Waals surface area contributed by atoms with E-state index >= 15 is 0 Å². The Kier molecular flexibility index (Phi) is 8.56. The molecule has 0 spiro atoms. The third-order valence-electron chi connectivity index (χ3n) is 6.35. The predicted molar refractivity (Wildman–Crippen MR) is 134 cm³/mol. The molecular formula is C27H33N3O6. The summed E-state index contributed by atoms with van der Waals surface area (Å²) in [6, 6.07) is 7.87. The minimum absolute atomic E-state index is 0.0594. The zero-order valence-corrected chi connectivity index (χ0v) is 20.8. The van der Waals surface area contributed by atoms with E-state index in [1.807, 2.05) is 19.9 Å². The average molecular weight is 496 g/mol. The summed E-state index contributed by atoms with van der Waals surface area (Å²) >= 11 is 0. The highest BCUT2D eigenvalue weighted by Crippen LogP contribution is 2.42. The maximum absolute atomic E-state index is 13.3. The van der Waals surface area contributed by atoms with Crippen LogP contribution in [0.15, 0.2) is 48.3 Å². The van der Waals surface area contributed by atoms with E-state index in [0.717, 1.165) is 19.6 Å². The number of amides is 1. The molecule has 2 fully saturated rings. The largest absolute Gasteiger partial charge is 0.507 e. The second-order valence-electron chi connectivity index (χ2n) is 8.61. The summed E-state index contributed by atoms with van der Waals surface area (Å²) in [5, 5.41) is 11.2. The molecule has 1 N–H and O–H groups in total. The topological polar surface area (TPSA) is 101 Å². The first-order chi connectivity index (χ1) is 17.5. The number of nitrogens with zero attached hydrogens (tertiary/aromatic N) is 3. The molecule has 0 aliphatic carbocycles. The SMILES string of the molecule is CCOc1ccc(C2C(=C(O)c3ccncc3)C(=O)C(=O)N2CCCN2CCOCC2)cc1OCC. The summed E-state index contributed by atoms with van der Waals surface area (Å²) in [5.41, 5.74) is 1.16. The van der Waals surface area contributed by atoms with E-state index < -0.39 is 17.7 Å². The van der Waals surface area contributed by atoms with Crippen LogP contribution >= 0.6 is 0 Å². The van der Waals surface area contributed by atoms with Gasteiger partial charge in [0.05, 0.1) is 38.0 Å². The Balaban J connectivity index is 1.71. The van der Waals surface area contributed by atoms with Crippen molar-refractivity contribution in [3.63, 3.8) is 0 Å². The number of ether oxygens (including phenoxy) is 3. The molecule has 2 aromatic rings. The van der Waals surface area contributed by atoms with Crippen molar-refractivity contribution >= 4 is 17.4 Å². The fourth-order valence-electron chi connectivity index (χ4n) is 4.65. The van der Waals surface area contributed by atoms with Gasteiger partial charge in [-0.1, -0.05) is 6.07 Å². The summed E-state index contributed by atoms with van der Waals surface area (Å²) in [6.45, 7) is 8.92. The Morgan fingerprint density at radius 2 is 1.72 bits per heavy atom. The first kappa shape index (κ1) is 25.7. The second-order valence-corrected chi connectivity index (χ2v) is 8.61. The van der Waals surface area contributed by atoms with Gasteiger partial charge in [0, 0.05) is 44.1 Å². The molecule has 1 unspecified atom stereocenters. The Hall–Kier alpha value is -3.43. The minimum atomic E-state index is -0.752. The molecule has 1 aromatic heterocycles. The van der Waals surface area contributed by atoms with E-state index in [4.69, 9.17) is 14.2 Å². The first-order valence-corrected chi connectivity index (χ1v) is 12.4. The third kappa shape index (κ3) is 5.52. The number of Topliss-reactive ketones (excluding diaryl/α,β-unsaturated/α-hetero) is 1. The molecule has 2 saturated heterocycles. The molecule has 4 rings (SSSR count). The molecule has 0 radical (unpaired) electrons. The van der Waals surface area contributed by atoms with Gasteiger partial charge in [-0.2, -0.15) is 0 Å². The lowest BCUT2D eigenvalue weighted by Gasteiger charge is -2.29. The number of ketones is 1. The Morgan fingerprint density at radius 1 is 1.03 bits per heavy atom. The molecule has 1 atom stereocenters. The highest BCUT2D eigenvalue weighted by Gasteiger charge is 2.46. The maximum Gasteiger partial charge on any atom is 0.295 e. The van der Waals surface area contributed by atoms with E-state index in [2.05, 4.69) is 9.88 Å². The highest BCUT2D eigenvalue weighted by atomic mass is 16.5. The van der Waals surface area contributed by atoms with Crippen molar-refractivity contribution in [3.05, 3.63) is 59.4 Å². The van der Waals surface area contributed by atoms with E-state index in [1.165, 1.54) is 12.4 Å². The molecule has 9 nitrogen and oxygen atoms in total. The number of aliphatic hydroxyl groups excluding tert-OH is 1. The second kappa shape index (κ2) is 12.0. The van der Waals surface area contributed by atoms with E-state index in [9.17, 15) is 14.7 Å². The van der Waals surface area contributed by atoms with E-state index in [0.29, 0.717) is 62.0 Å². The minimum Gasteiger partial charge on any atom is -0.507 e. The van der Waals surface area contributed by atoms with Crippen molar-refractivity contribution in [2.24, 2.45) is 0 Å². The standard InChI is InChI=1S/C27H33N3O6/c1-3-35-21-7-6-20(18-22(21)36-4-2)24-23(25(31)19-8-10-28-11-9-19)26(32)27(33)30(24)13-5-12-29-14-16-34-17-15-29/h6-11,18,24,31H,3-5,12-17H2,1-2H3. The molecule has 0 bridgehead atoms. The van der Waals surface area contributed by atoms with Gasteiger partial charge >= 0.3 is 0 Å². The van der Waals surface area contributed by atoms with Crippen molar-refractivity contribution in [1.82, 2.24) is 14.8 Å². The zero-order chi connectivity index (χ0) is 25.5. The number of carbonyl (C=O) groups is 2. The average Bonchev–Trinajstić information content (AvgIpc) is 3.16. The molecule has 3 heterocycles. The maximum atomic E-state index is 13.3. The first-order valence-electron chi connectivity index (χ1n) is 12.4. The van der Waals surface area contributed by atoms with Crippen LogP contribution in [0.4, 0.5) is 0 Å². The number of morpholine rings is 1. The normalized spacial score (nSPS) is 20.1. The lowest BCUT2D eigenvalue weighted by molar-refractivity contribution is -0.140. The molecular weight excluding hydrogens is 462 g/mol. The summed E-state index contributed by atoms with van der Waals surface area (Å²) in [7, 11) is 0. The van der Waals surface area contributed by atoms with Gasteiger partial charge in [0.2, 0.25) is 0 Å². The molecule has 36 heavy (non-hydrogen) atoms. The summed E-state index contributed by atoms with van der Waals surface area (Å²) < 4.78 is 16.9. The van der Waals surface area contributed by atoms with Crippen molar-refractivity contribution in [2.75, 3.05) is 52.6 Å². The van der Waals surface area contributed by atoms with Crippen molar-refractivity contribution in [2.45, 2.75) is 26.3 Å². The summed E-state index contributed by atoms with van der Waals surface area (Å²) in [4.78, 5) is 34.3. The number of aliphatic hydroxyl groups is 1. The monoisotopic (exact) mass is 495 g/mol. The number of carbonyl (C=O) groups excluding carboxylic acids is 2. The molecule has 0 saturated carbocycles. The lowest BCUT2D eigenvalue weighted by Crippen LogP contribution is -2.39. The van der Waals surface area contributed by atoms with Gasteiger partial charge < -0.3 is 24.2 Å². The zero-order valence-electron chi connectivity index (χ0n) is 20.8. The van der Waals surface area contributed by atoms with Crippen LogP contribution in [0.1, 0.15) is 37.4 Å². The van der Waals surface area contributed by atoms with Crippen LogP contribution in [-0.4, -0.2) is 84.2 Å². The Labute approximate surface area is 211 Å². The number of aromatic nitrogens is 1. The van der Waals surface area contributed by atoms with Crippen LogP contribution in [0.25, 0.3) is 5.76 Å². The van der Waals surface area contributed by atoms with Crippen LogP contribution < -0.4 is 9.47 Å². The lowest BCUT2D eigenvalue weighted by atomic mass is 9.95. The fourth-order valence-corrected chi connectivity index (χ4v) is 4.65. The Morgan fingerprint density at radius 3 is 2.42 bits per heavy atom. The number of pyridine rings is 1. The smallest absolute Gasteiger partial charge is 0.295 e. The number of hydrogen-bond donors (Lipinski definition) is 1. The van der Waals surface area contributed by atoms with Crippen molar-refractivity contribution in [3.8, 4) is 11.5 Å². The molecule has 9 heteroatoms. The molecule has 1 aromatic carbocycles. The van der Waals surface area contributed by atoms with Crippen molar-refractivity contribution in [1.29, 1.82) is 0 Å². The van der Waals surface area contributed by atoms with Gasteiger partial charge in [0.15, 0.2) is 11.5 Å². The van der Waals surface area contributed by atoms with E-state index in [-0.39, 0.29) is 11.3 Å². The molecule has 2 aliphatic heterocycles. The van der Waals surface area contributed by atoms with Crippen molar-refractivity contribution < 1.29 is 28.9 Å². The van der Waals surface area contributed by atoms with Gasteiger partial charge in [0.1, 0.15) is 5.76 Å². The third-order valence-corrected chi connectivity index (χ3v) is 6.35. The molecule has 1 amide bonds. The molecule has 192 valence electrons. The fraction of sp³-hybridized carbons (Fsp3) is 0.444. The van der Waals surface area contributed by atoms with Gasteiger partial charge in [-0.3, -0.25) is 19.5 Å². The van der Waals surface area contributed by atoms with Gasteiger partial charge in [0.25, 0.3) is 11.7 Å². The van der Waals surface area contributed by atoms with E-state index in [1.54, 1.807) is 29.2 Å². The highest BCUT2D eigenvalue weighted by molar-refractivity contribution is 6.46. The Bertz CT molecular complexity index is 1100. The van der Waals surface area contributed by atoms with Crippen LogP contribution in [-0.2, 0) is 14.3 Å². The number of rotatable bonds is 10. The number of likely N-dealkylation sites (tertiary alicyclic amines) is 1. The predicted octanol–water partition coefficient (Wildman–Crippen LogP) is 3.02.